The molecule has 0 bridgehead atoms. The zero-order valence-electron chi connectivity index (χ0n) is 9.64. The second-order valence-corrected chi connectivity index (χ2v) is 3.51. The van der Waals surface area contributed by atoms with Gasteiger partial charge in [0.05, 0.1) is 19.2 Å². The first kappa shape index (κ1) is 12.5. The van der Waals surface area contributed by atoms with Gasteiger partial charge in [0.25, 0.3) is 0 Å². The van der Waals surface area contributed by atoms with Crippen molar-refractivity contribution in [1.82, 2.24) is 4.98 Å². The number of hydrogen-bond acceptors (Lipinski definition) is 3. The number of hydrogen-bond donors (Lipinski definition) is 0. The number of ether oxygens (including phenoxy) is 2. The summed E-state index contributed by atoms with van der Waals surface area (Å²) >= 11 is 0. The van der Waals surface area contributed by atoms with Crippen LogP contribution in [0.25, 0.3) is 4.85 Å². The lowest BCUT2D eigenvalue weighted by molar-refractivity contribution is 0.146. The number of methoxy groups -OCH3 is 1. The molecule has 1 heterocycles. The highest BCUT2D eigenvalue weighted by Gasteiger charge is 2.06. The van der Waals surface area contributed by atoms with Gasteiger partial charge in [0.2, 0.25) is 6.04 Å². The van der Waals surface area contributed by atoms with Crippen LogP contribution >= 0.6 is 0 Å². The smallest absolute Gasteiger partial charge is 0.226 e. The minimum Gasteiger partial charge on any atom is -0.490 e. The third kappa shape index (κ3) is 4.28. The lowest BCUT2D eigenvalue weighted by Crippen LogP contribution is -2.05. The highest BCUT2D eigenvalue weighted by molar-refractivity contribution is 5.20. The molecule has 0 aliphatic rings. The first-order valence-electron chi connectivity index (χ1n) is 5.19. The van der Waals surface area contributed by atoms with Crippen LogP contribution in [0.4, 0.5) is 0 Å². The maximum absolute atomic E-state index is 6.87. The molecule has 0 aliphatic heterocycles. The van der Waals surface area contributed by atoms with Crippen LogP contribution in [-0.4, -0.2) is 31.3 Å². The van der Waals surface area contributed by atoms with Crippen molar-refractivity contribution in [3.8, 4) is 5.75 Å². The Balaban J connectivity index is 2.45. The molecule has 1 aromatic heterocycles. The Bertz CT molecular complexity index is 343. The Morgan fingerprint density at radius 3 is 2.81 bits per heavy atom. The van der Waals surface area contributed by atoms with Crippen LogP contribution < -0.4 is 4.74 Å². The van der Waals surface area contributed by atoms with Gasteiger partial charge in [0.1, 0.15) is 12.4 Å². The van der Waals surface area contributed by atoms with Gasteiger partial charge in [-0.25, -0.2) is 6.57 Å². The average molecular weight is 220 g/mol. The van der Waals surface area contributed by atoms with E-state index in [4.69, 9.17) is 16.0 Å². The molecule has 1 atom stereocenters. The molecule has 0 fully saturated rings. The normalized spacial score (nSPS) is 11.8. The van der Waals surface area contributed by atoms with Crippen LogP contribution in [0.15, 0.2) is 18.3 Å². The first-order valence-corrected chi connectivity index (χ1v) is 5.19. The quantitative estimate of drug-likeness (QED) is 0.543. The monoisotopic (exact) mass is 220 g/mol. The van der Waals surface area contributed by atoms with Crippen molar-refractivity contribution in [2.75, 3.05) is 20.3 Å². The van der Waals surface area contributed by atoms with E-state index >= 15 is 0 Å². The predicted molar refractivity (Wildman–Crippen MR) is 61.4 cm³/mol. The molecule has 0 spiro atoms. The maximum atomic E-state index is 6.87. The van der Waals surface area contributed by atoms with E-state index in [-0.39, 0.29) is 6.04 Å². The Labute approximate surface area is 96.0 Å². The van der Waals surface area contributed by atoms with Gasteiger partial charge in [-0.1, -0.05) is 0 Å². The highest BCUT2D eigenvalue weighted by Crippen LogP contribution is 2.10. The van der Waals surface area contributed by atoms with E-state index in [1.807, 2.05) is 19.1 Å². The summed E-state index contributed by atoms with van der Waals surface area (Å²) in [4.78, 5) is 7.67. The van der Waals surface area contributed by atoms with Crippen molar-refractivity contribution in [2.24, 2.45) is 0 Å². The van der Waals surface area contributed by atoms with Crippen LogP contribution in [0.2, 0.25) is 0 Å². The molecule has 0 aliphatic carbocycles. The average Bonchev–Trinajstić information content (AvgIpc) is 2.31. The fraction of sp³-hybridized carbons (Fsp3) is 0.500. The molecule has 0 N–H and O–H groups in total. The van der Waals surface area contributed by atoms with Crippen molar-refractivity contribution in [3.63, 3.8) is 0 Å². The zero-order valence-corrected chi connectivity index (χ0v) is 9.64. The molecular formula is C12H16N2O2. The third-order valence-corrected chi connectivity index (χ3v) is 2.08. The van der Waals surface area contributed by atoms with E-state index < -0.39 is 0 Å². The van der Waals surface area contributed by atoms with Crippen LogP contribution in [0.1, 0.15) is 12.6 Å². The Hall–Kier alpha value is -1.60. The largest absolute Gasteiger partial charge is 0.490 e. The number of rotatable bonds is 6. The lowest BCUT2D eigenvalue weighted by Gasteiger charge is -2.05. The van der Waals surface area contributed by atoms with E-state index in [0.29, 0.717) is 19.6 Å². The van der Waals surface area contributed by atoms with Gasteiger partial charge < -0.3 is 14.3 Å². The fourth-order valence-corrected chi connectivity index (χ4v) is 1.21. The highest BCUT2D eigenvalue weighted by atomic mass is 16.5. The van der Waals surface area contributed by atoms with E-state index in [1.54, 1.807) is 13.3 Å². The third-order valence-electron chi connectivity index (χ3n) is 2.08. The zero-order chi connectivity index (χ0) is 11.8. The summed E-state index contributed by atoms with van der Waals surface area (Å²) in [5.74, 6) is 0.733. The molecule has 4 nitrogen and oxygen atoms in total. The topological polar surface area (TPSA) is 35.7 Å². The minimum absolute atomic E-state index is 0.0206. The second-order valence-electron chi connectivity index (χ2n) is 3.51. The molecule has 4 heteroatoms. The van der Waals surface area contributed by atoms with E-state index in [1.165, 1.54) is 0 Å². The number of nitrogens with zero attached hydrogens (tertiary/aromatic N) is 2. The summed E-state index contributed by atoms with van der Waals surface area (Å²) in [6, 6.07) is 3.74. The Morgan fingerprint density at radius 1 is 1.44 bits per heavy atom. The second kappa shape index (κ2) is 6.81. The van der Waals surface area contributed by atoms with Gasteiger partial charge in [-0.05, 0) is 12.1 Å². The van der Waals surface area contributed by atoms with Crippen LogP contribution in [0.5, 0.6) is 5.75 Å². The molecular weight excluding hydrogens is 204 g/mol. The van der Waals surface area contributed by atoms with Crippen molar-refractivity contribution < 1.29 is 9.47 Å². The minimum atomic E-state index is -0.0206. The van der Waals surface area contributed by atoms with Gasteiger partial charge in [-0.2, -0.15) is 0 Å². The summed E-state index contributed by atoms with van der Waals surface area (Å²) < 4.78 is 10.3. The predicted octanol–water partition coefficient (Wildman–Crippen LogP) is 1.96. The van der Waals surface area contributed by atoms with Crippen molar-refractivity contribution >= 4 is 0 Å². The lowest BCUT2D eigenvalue weighted by atomic mass is 10.2. The molecule has 1 rings (SSSR count). The van der Waals surface area contributed by atoms with Gasteiger partial charge in [0, 0.05) is 19.7 Å². The first-order chi connectivity index (χ1) is 7.76. The van der Waals surface area contributed by atoms with Crippen molar-refractivity contribution in [3.05, 3.63) is 35.4 Å². The molecule has 0 amide bonds. The molecule has 16 heavy (non-hydrogen) atoms. The molecule has 86 valence electrons. The van der Waals surface area contributed by atoms with Crippen LogP contribution in [0.3, 0.4) is 0 Å². The summed E-state index contributed by atoms with van der Waals surface area (Å²) in [6.07, 6.45) is 2.36. The van der Waals surface area contributed by atoms with E-state index in [2.05, 4.69) is 9.83 Å². The SMILES string of the molecule is [C-]#[N+]C(C)Cc1ccc(OCCOC)cn1. The molecule has 0 saturated carbocycles. The summed E-state index contributed by atoms with van der Waals surface area (Å²) in [5, 5.41) is 0. The van der Waals surface area contributed by atoms with Gasteiger partial charge >= 0.3 is 0 Å². The molecule has 0 radical (unpaired) electrons. The van der Waals surface area contributed by atoms with Crippen molar-refractivity contribution in [2.45, 2.75) is 19.4 Å². The van der Waals surface area contributed by atoms with Gasteiger partial charge in [0.15, 0.2) is 0 Å². The Kier molecular flexibility index (Phi) is 5.30. The van der Waals surface area contributed by atoms with E-state index in [9.17, 15) is 0 Å². The number of aromatic nitrogens is 1. The van der Waals surface area contributed by atoms with Crippen LogP contribution in [0, 0.1) is 6.57 Å². The molecule has 0 aromatic carbocycles. The van der Waals surface area contributed by atoms with Gasteiger partial charge in [-0.15, -0.1) is 0 Å². The molecule has 0 saturated heterocycles. The standard InChI is InChI=1S/C12H16N2O2/c1-10(13-2)8-11-4-5-12(9-14-11)16-7-6-15-3/h4-5,9-10H,6-8H2,1,3H3. The van der Waals surface area contributed by atoms with E-state index in [0.717, 1.165) is 11.4 Å². The summed E-state index contributed by atoms with van der Waals surface area (Å²) in [7, 11) is 1.64. The number of pyridine rings is 1. The fourth-order valence-electron chi connectivity index (χ4n) is 1.21. The molecule has 1 unspecified atom stereocenters. The van der Waals surface area contributed by atoms with Crippen molar-refractivity contribution in [1.29, 1.82) is 0 Å². The Morgan fingerprint density at radius 2 is 2.25 bits per heavy atom. The summed E-state index contributed by atoms with van der Waals surface area (Å²) in [5.41, 5.74) is 0.919. The summed E-state index contributed by atoms with van der Waals surface area (Å²) in [6.45, 7) is 9.85. The van der Waals surface area contributed by atoms with Gasteiger partial charge in [-0.3, -0.25) is 4.98 Å². The van der Waals surface area contributed by atoms with Crippen LogP contribution in [-0.2, 0) is 11.2 Å². The maximum Gasteiger partial charge on any atom is 0.226 e. The molecule has 1 aromatic rings.